The van der Waals surface area contributed by atoms with Crippen molar-refractivity contribution in [1.82, 2.24) is 14.5 Å². The van der Waals surface area contributed by atoms with Crippen LogP contribution >= 0.6 is 0 Å². The molecular formula is C14H11N3O. The van der Waals surface area contributed by atoms with E-state index in [1.165, 1.54) is 12.3 Å². The van der Waals surface area contributed by atoms with Crippen molar-refractivity contribution in [3.63, 3.8) is 0 Å². The van der Waals surface area contributed by atoms with Gasteiger partial charge in [-0.05, 0) is 17.7 Å². The molecule has 0 aliphatic heterocycles. The first kappa shape index (κ1) is 10.7. The first-order valence-electron chi connectivity index (χ1n) is 5.68. The standard InChI is InChI=1S/C14H11N3O/c18-14-6-7-15-10-17(14)9-11-5-8-16-13-4-2-1-3-12(11)13/h1-8,10H,9H2. The van der Waals surface area contributed by atoms with E-state index in [4.69, 9.17) is 0 Å². The summed E-state index contributed by atoms with van der Waals surface area (Å²) in [5, 5.41) is 1.07. The number of aromatic nitrogens is 3. The molecule has 88 valence electrons. The minimum atomic E-state index is -0.0501. The second-order valence-electron chi connectivity index (χ2n) is 4.03. The molecule has 0 atom stereocenters. The Morgan fingerprint density at radius 3 is 2.83 bits per heavy atom. The van der Waals surface area contributed by atoms with Gasteiger partial charge in [0, 0.05) is 23.8 Å². The fourth-order valence-electron chi connectivity index (χ4n) is 1.97. The second kappa shape index (κ2) is 4.41. The number of hydrogen-bond acceptors (Lipinski definition) is 3. The number of para-hydroxylation sites is 1. The summed E-state index contributed by atoms with van der Waals surface area (Å²) in [5.74, 6) is 0. The van der Waals surface area contributed by atoms with Crippen LogP contribution in [-0.4, -0.2) is 14.5 Å². The lowest BCUT2D eigenvalue weighted by molar-refractivity contribution is 0.739. The number of pyridine rings is 1. The smallest absolute Gasteiger partial charge is 0.253 e. The van der Waals surface area contributed by atoms with Crippen LogP contribution in [0.1, 0.15) is 5.56 Å². The molecule has 3 rings (SSSR count). The van der Waals surface area contributed by atoms with Crippen molar-refractivity contribution in [1.29, 1.82) is 0 Å². The van der Waals surface area contributed by atoms with E-state index in [1.54, 1.807) is 17.1 Å². The molecular weight excluding hydrogens is 226 g/mol. The molecule has 0 aliphatic rings. The van der Waals surface area contributed by atoms with Gasteiger partial charge in [0.05, 0.1) is 18.4 Å². The van der Waals surface area contributed by atoms with E-state index in [2.05, 4.69) is 9.97 Å². The minimum absolute atomic E-state index is 0.0501. The molecule has 0 fully saturated rings. The molecule has 0 amide bonds. The van der Waals surface area contributed by atoms with Crippen LogP contribution in [0.2, 0.25) is 0 Å². The third-order valence-electron chi connectivity index (χ3n) is 2.87. The highest BCUT2D eigenvalue weighted by molar-refractivity contribution is 5.81. The Hall–Kier alpha value is -2.49. The molecule has 0 saturated carbocycles. The van der Waals surface area contributed by atoms with Crippen molar-refractivity contribution in [2.45, 2.75) is 6.54 Å². The van der Waals surface area contributed by atoms with E-state index >= 15 is 0 Å². The summed E-state index contributed by atoms with van der Waals surface area (Å²) in [6, 6.07) is 11.3. The van der Waals surface area contributed by atoms with Crippen molar-refractivity contribution in [2.75, 3.05) is 0 Å². The van der Waals surface area contributed by atoms with Crippen LogP contribution in [-0.2, 0) is 6.54 Å². The Balaban J connectivity index is 2.11. The molecule has 0 bridgehead atoms. The number of fused-ring (bicyclic) bond motifs is 1. The lowest BCUT2D eigenvalue weighted by Crippen LogP contribution is -2.19. The molecule has 3 aromatic rings. The fourth-order valence-corrected chi connectivity index (χ4v) is 1.97. The molecule has 18 heavy (non-hydrogen) atoms. The van der Waals surface area contributed by atoms with Crippen molar-refractivity contribution in [3.8, 4) is 0 Å². The van der Waals surface area contributed by atoms with Crippen molar-refractivity contribution in [3.05, 3.63) is 71.0 Å². The monoisotopic (exact) mass is 237 g/mol. The highest BCUT2D eigenvalue weighted by Crippen LogP contribution is 2.16. The van der Waals surface area contributed by atoms with Crippen molar-refractivity contribution in [2.24, 2.45) is 0 Å². The van der Waals surface area contributed by atoms with Gasteiger partial charge >= 0.3 is 0 Å². The summed E-state index contributed by atoms with van der Waals surface area (Å²) in [5.41, 5.74) is 1.95. The van der Waals surface area contributed by atoms with Crippen LogP contribution in [0.5, 0.6) is 0 Å². The maximum absolute atomic E-state index is 11.7. The predicted molar refractivity (Wildman–Crippen MR) is 69.3 cm³/mol. The first-order chi connectivity index (χ1) is 8.84. The quantitative estimate of drug-likeness (QED) is 0.683. The van der Waals surface area contributed by atoms with Crippen LogP contribution in [0, 0.1) is 0 Å². The molecule has 0 N–H and O–H groups in total. The highest BCUT2D eigenvalue weighted by atomic mass is 16.1. The molecule has 0 unspecified atom stereocenters. The van der Waals surface area contributed by atoms with E-state index in [0.717, 1.165) is 16.5 Å². The molecule has 0 saturated heterocycles. The molecule has 4 nitrogen and oxygen atoms in total. The number of benzene rings is 1. The van der Waals surface area contributed by atoms with Crippen molar-refractivity contribution < 1.29 is 0 Å². The summed E-state index contributed by atoms with van der Waals surface area (Å²) in [6.45, 7) is 0.510. The van der Waals surface area contributed by atoms with Gasteiger partial charge in [0.25, 0.3) is 5.56 Å². The maximum Gasteiger partial charge on any atom is 0.253 e. The van der Waals surface area contributed by atoms with E-state index < -0.39 is 0 Å². The lowest BCUT2D eigenvalue weighted by Gasteiger charge is -2.07. The number of nitrogens with zero attached hydrogens (tertiary/aromatic N) is 3. The zero-order valence-corrected chi connectivity index (χ0v) is 9.65. The van der Waals surface area contributed by atoms with Gasteiger partial charge in [-0.3, -0.25) is 14.3 Å². The van der Waals surface area contributed by atoms with Gasteiger partial charge in [0.15, 0.2) is 0 Å². The van der Waals surface area contributed by atoms with E-state index in [-0.39, 0.29) is 5.56 Å². The Morgan fingerprint density at radius 1 is 1.06 bits per heavy atom. The van der Waals surface area contributed by atoms with Crippen LogP contribution < -0.4 is 5.56 Å². The summed E-state index contributed by atoms with van der Waals surface area (Å²) < 4.78 is 1.59. The minimum Gasteiger partial charge on any atom is -0.295 e. The molecule has 0 radical (unpaired) electrons. The van der Waals surface area contributed by atoms with Gasteiger partial charge in [0.1, 0.15) is 0 Å². The van der Waals surface area contributed by atoms with Gasteiger partial charge < -0.3 is 0 Å². The van der Waals surface area contributed by atoms with Crippen LogP contribution in [0.15, 0.2) is 59.9 Å². The molecule has 2 heterocycles. The summed E-state index contributed by atoms with van der Waals surface area (Å²) >= 11 is 0. The average molecular weight is 237 g/mol. The average Bonchev–Trinajstić information content (AvgIpc) is 2.42. The van der Waals surface area contributed by atoms with Crippen LogP contribution in [0.4, 0.5) is 0 Å². The molecule has 4 heteroatoms. The van der Waals surface area contributed by atoms with E-state index in [0.29, 0.717) is 6.54 Å². The van der Waals surface area contributed by atoms with Crippen molar-refractivity contribution >= 4 is 10.9 Å². The fraction of sp³-hybridized carbons (Fsp3) is 0.0714. The van der Waals surface area contributed by atoms with Gasteiger partial charge in [-0.15, -0.1) is 0 Å². The molecule has 0 aliphatic carbocycles. The van der Waals surface area contributed by atoms with Crippen LogP contribution in [0.3, 0.4) is 0 Å². The van der Waals surface area contributed by atoms with Gasteiger partial charge in [-0.1, -0.05) is 18.2 Å². The Labute approximate surface area is 104 Å². The second-order valence-corrected chi connectivity index (χ2v) is 4.03. The third kappa shape index (κ3) is 1.88. The SMILES string of the molecule is O=c1ccncn1Cc1ccnc2ccccc12. The number of hydrogen-bond donors (Lipinski definition) is 0. The van der Waals surface area contributed by atoms with E-state index in [1.807, 2.05) is 30.3 Å². The predicted octanol–water partition coefficient (Wildman–Crippen LogP) is 1.84. The zero-order chi connectivity index (χ0) is 12.4. The Kier molecular flexibility index (Phi) is 2.61. The van der Waals surface area contributed by atoms with Gasteiger partial charge in [-0.2, -0.15) is 0 Å². The normalized spacial score (nSPS) is 10.7. The maximum atomic E-state index is 11.7. The number of rotatable bonds is 2. The van der Waals surface area contributed by atoms with E-state index in [9.17, 15) is 4.79 Å². The highest BCUT2D eigenvalue weighted by Gasteiger charge is 2.03. The molecule has 2 aromatic heterocycles. The largest absolute Gasteiger partial charge is 0.295 e. The topological polar surface area (TPSA) is 47.8 Å². The van der Waals surface area contributed by atoms with Gasteiger partial charge in [0.2, 0.25) is 0 Å². The Morgan fingerprint density at radius 2 is 1.94 bits per heavy atom. The summed E-state index contributed by atoms with van der Waals surface area (Å²) in [6.07, 6.45) is 4.82. The Bertz CT molecular complexity index is 744. The molecule has 1 aromatic carbocycles. The first-order valence-corrected chi connectivity index (χ1v) is 5.68. The van der Waals surface area contributed by atoms with Crippen LogP contribution in [0.25, 0.3) is 10.9 Å². The zero-order valence-electron chi connectivity index (χ0n) is 9.65. The lowest BCUT2D eigenvalue weighted by atomic mass is 10.1. The van der Waals surface area contributed by atoms with Gasteiger partial charge in [-0.25, -0.2) is 4.98 Å². The third-order valence-corrected chi connectivity index (χ3v) is 2.87. The summed E-state index contributed by atoms with van der Waals surface area (Å²) in [7, 11) is 0. The molecule has 0 spiro atoms. The summed E-state index contributed by atoms with van der Waals surface area (Å²) in [4.78, 5) is 19.9.